The first kappa shape index (κ1) is 17.6. The summed E-state index contributed by atoms with van der Waals surface area (Å²) in [7, 11) is 0. The summed E-state index contributed by atoms with van der Waals surface area (Å²) in [6.07, 6.45) is 0. The summed E-state index contributed by atoms with van der Waals surface area (Å²) in [6.45, 7) is 5.93. The average molecular weight is 347 g/mol. The lowest BCUT2D eigenvalue weighted by Gasteiger charge is -2.16. The van der Waals surface area contributed by atoms with Crippen LogP contribution in [0.4, 0.5) is 5.82 Å². The standard InChI is InChI=1S/C21H21N3O2/c1-21(2,3)20(25)24-19-17(12-22)16-11-15(9-10-18(16)23-19)26-13-14-7-5-4-6-8-14/h4-11,23H,13H2,1-3H3,(H,24,25). The number of H-pyrrole nitrogens is 1. The van der Waals surface area contributed by atoms with Gasteiger partial charge >= 0.3 is 0 Å². The van der Waals surface area contributed by atoms with E-state index in [1.807, 2.05) is 69.3 Å². The van der Waals surface area contributed by atoms with Gasteiger partial charge in [-0.15, -0.1) is 0 Å². The zero-order valence-corrected chi connectivity index (χ0v) is 15.1. The molecule has 1 amide bonds. The van der Waals surface area contributed by atoms with Crippen LogP contribution in [0, 0.1) is 16.7 Å². The molecule has 2 N–H and O–H groups in total. The Labute approximate surface area is 152 Å². The number of amides is 1. The second-order valence-electron chi connectivity index (χ2n) is 7.17. The molecular weight excluding hydrogens is 326 g/mol. The smallest absolute Gasteiger partial charge is 0.230 e. The normalized spacial score (nSPS) is 11.2. The molecule has 0 bridgehead atoms. The van der Waals surface area contributed by atoms with E-state index < -0.39 is 5.41 Å². The molecule has 0 atom stereocenters. The van der Waals surface area contributed by atoms with E-state index in [0.717, 1.165) is 16.5 Å². The first-order valence-corrected chi connectivity index (χ1v) is 8.42. The van der Waals surface area contributed by atoms with Gasteiger partial charge in [0, 0.05) is 16.3 Å². The molecule has 0 aliphatic heterocycles. The fraction of sp³-hybridized carbons (Fsp3) is 0.238. The number of hydrogen-bond donors (Lipinski definition) is 2. The Morgan fingerprint density at radius 2 is 1.92 bits per heavy atom. The summed E-state index contributed by atoms with van der Waals surface area (Å²) in [6, 6.07) is 17.6. The molecule has 1 heterocycles. The second kappa shape index (κ2) is 6.93. The van der Waals surface area contributed by atoms with Crippen molar-refractivity contribution in [3.8, 4) is 11.8 Å². The van der Waals surface area contributed by atoms with Gasteiger partial charge in [-0.2, -0.15) is 5.26 Å². The van der Waals surface area contributed by atoms with Crippen LogP contribution < -0.4 is 10.1 Å². The van der Waals surface area contributed by atoms with Gasteiger partial charge in [-0.1, -0.05) is 51.1 Å². The Bertz CT molecular complexity index is 976. The molecule has 2 aromatic carbocycles. The first-order chi connectivity index (χ1) is 12.4. The van der Waals surface area contributed by atoms with Crippen molar-refractivity contribution in [3.63, 3.8) is 0 Å². The fourth-order valence-corrected chi connectivity index (χ4v) is 2.51. The fourth-order valence-electron chi connectivity index (χ4n) is 2.51. The third-order valence-corrected chi connectivity index (χ3v) is 4.05. The van der Waals surface area contributed by atoms with Gasteiger partial charge in [-0.25, -0.2) is 0 Å². The van der Waals surface area contributed by atoms with E-state index in [1.54, 1.807) is 0 Å². The predicted octanol–water partition coefficient (Wildman–Crippen LogP) is 4.60. The molecule has 5 nitrogen and oxygen atoms in total. The van der Waals surface area contributed by atoms with Crippen LogP contribution in [0.25, 0.3) is 10.9 Å². The lowest BCUT2D eigenvalue weighted by Crippen LogP contribution is -2.28. The molecule has 0 saturated heterocycles. The van der Waals surface area contributed by atoms with Crippen molar-refractivity contribution in [3.05, 3.63) is 59.7 Å². The highest BCUT2D eigenvalue weighted by Gasteiger charge is 2.23. The average Bonchev–Trinajstić information content (AvgIpc) is 2.96. The van der Waals surface area contributed by atoms with E-state index in [0.29, 0.717) is 23.7 Å². The van der Waals surface area contributed by atoms with E-state index >= 15 is 0 Å². The van der Waals surface area contributed by atoms with Crippen LogP contribution in [0.5, 0.6) is 5.75 Å². The third kappa shape index (κ3) is 3.70. The highest BCUT2D eigenvalue weighted by Crippen LogP contribution is 2.30. The largest absolute Gasteiger partial charge is 0.489 e. The summed E-state index contributed by atoms with van der Waals surface area (Å²) in [4.78, 5) is 15.3. The maximum absolute atomic E-state index is 12.2. The number of fused-ring (bicyclic) bond motifs is 1. The number of anilines is 1. The summed E-state index contributed by atoms with van der Waals surface area (Å²) in [5, 5.41) is 13.1. The quantitative estimate of drug-likeness (QED) is 0.724. The summed E-state index contributed by atoms with van der Waals surface area (Å²) in [5.41, 5.74) is 1.70. The molecule has 26 heavy (non-hydrogen) atoms. The number of rotatable bonds is 4. The number of carbonyl (C=O) groups excluding carboxylic acids is 1. The minimum absolute atomic E-state index is 0.152. The minimum Gasteiger partial charge on any atom is -0.489 e. The van der Waals surface area contributed by atoms with Crippen LogP contribution in [-0.2, 0) is 11.4 Å². The molecule has 0 unspecified atom stereocenters. The van der Waals surface area contributed by atoms with E-state index in [9.17, 15) is 10.1 Å². The Morgan fingerprint density at radius 3 is 2.58 bits per heavy atom. The molecule has 0 aliphatic carbocycles. The summed E-state index contributed by atoms with van der Waals surface area (Å²) >= 11 is 0. The number of aromatic nitrogens is 1. The first-order valence-electron chi connectivity index (χ1n) is 8.42. The topological polar surface area (TPSA) is 77.9 Å². The van der Waals surface area contributed by atoms with Gasteiger partial charge in [0.05, 0.1) is 0 Å². The molecule has 3 aromatic rings. The van der Waals surface area contributed by atoms with Crippen LogP contribution in [0.1, 0.15) is 31.9 Å². The maximum Gasteiger partial charge on any atom is 0.230 e. The van der Waals surface area contributed by atoms with E-state index in [-0.39, 0.29) is 5.91 Å². The molecule has 0 saturated carbocycles. The molecule has 1 aromatic heterocycles. The summed E-state index contributed by atoms with van der Waals surface area (Å²) < 4.78 is 5.83. The Hall–Kier alpha value is -3.26. The Morgan fingerprint density at radius 1 is 1.19 bits per heavy atom. The Kier molecular flexibility index (Phi) is 4.68. The van der Waals surface area contributed by atoms with E-state index in [4.69, 9.17) is 4.74 Å². The van der Waals surface area contributed by atoms with Crippen LogP contribution in [0.15, 0.2) is 48.5 Å². The van der Waals surface area contributed by atoms with Crippen LogP contribution in [0.2, 0.25) is 0 Å². The van der Waals surface area contributed by atoms with Gasteiger partial charge in [0.1, 0.15) is 29.8 Å². The predicted molar refractivity (Wildman–Crippen MR) is 102 cm³/mol. The van der Waals surface area contributed by atoms with E-state index in [1.165, 1.54) is 0 Å². The maximum atomic E-state index is 12.2. The zero-order chi connectivity index (χ0) is 18.7. The van der Waals surface area contributed by atoms with Gasteiger partial charge in [-0.3, -0.25) is 4.79 Å². The summed E-state index contributed by atoms with van der Waals surface area (Å²) in [5.74, 6) is 0.939. The SMILES string of the molecule is CC(C)(C)C(=O)Nc1[nH]c2ccc(OCc3ccccc3)cc2c1C#N. The number of nitriles is 1. The van der Waals surface area contributed by atoms with Crippen LogP contribution >= 0.6 is 0 Å². The molecule has 0 radical (unpaired) electrons. The Balaban J connectivity index is 1.87. The zero-order valence-electron chi connectivity index (χ0n) is 15.1. The number of aromatic amines is 1. The number of nitrogens with zero attached hydrogens (tertiary/aromatic N) is 1. The van der Waals surface area contributed by atoms with Crippen molar-refractivity contribution in [2.75, 3.05) is 5.32 Å². The number of ether oxygens (including phenoxy) is 1. The third-order valence-electron chi connectivity index (χ3n) is 4.05. The van der Waals surface area contributed by atoms with Gasteiger partial charge < -0.3 is 15.0 Å². The van der Waals surface area contributed by atoms with Crippen molar-refractivity contribution in [1.29, 1.82) is 5.26 Å². The monoisotopic (exact) mass is 347 g/mol. The van der Waals surface area contributed by atoms with Crippen molar-refractivity contribution >= 4 is 22.6 Å². The number of nitrogens with one attached hydrogen (secondary N) is 2. The molecular formula is C21H21N3O2. The number of carbonyl (C=O) groups is 1. The second-order valence-corrected chi connectivity index (χ2v) is 7.17. The molecule has 132 valence electrons. The van der Waals surface area contributed by atoms with Crippen LogP contribution in [-0.4, -0.2) is 10.9 Å². The van der Waals surface area contributed by atoms with Gasteiger partial charge in [0.15, 0.2) is 0 Å². The molecule has 3 rings (SSSR count). The van der Waals surface area contributed by atoms with Crippen molar-refractivity contribution in [2.24, 2.45) is 5.41 Å². The number of benzene rings is 2. The van der Waals surface area contributed by atoms with Crippen molar-refractivity contribution in [2.45, 2.75) is 27.4 Å². The van der Waals surface area contributed by atoms with Gasteiger partial charge in [0.2, 0.25) is 5.91 Å². The van der Waals surface area contributed by atoms with Crippen molar-refractivity contribution < 1.29 is 9.53 Å². The molecule has 0 aliphatic rings. The lowest BCUT2D eigenvalue weighted by atomic mass is 9.96. The molecule has 0 fully saturated rings. The lowest BCUT2D eigenvalue weighted by molar-refractivity contribution is -0.123. The van der Waals surface area contributed by atoms with Gasteiger partial charge in [-0.05, 0) is 23.8 Å². The van der Waals surface area contributed by atoms with Gasteiger partial charge in [0.25, 0.3) is 0 Å². The molecule has 5 heteroatoms. The highest BCUT2D eigenvalue weighted by molar-refractivity contribution is 6.00. The highest BCUT2D eigenvalue weighted by atomic mass is 16.5. The van der Waals surface area contributed by atoms with Crippen molar-refractivity contribution in [1.82, 2.24) is 4.98 Å². The molecule has 0 spiro atoms. The number of hydrogen-bond acceptors (Lipinski definition) is 3. The minimum atomic E-state index is -0.548. The van der Waals surface area contributed by atoms with E-state index in [2.05, 4.69) is 16.4 Å². The van der Waals surface area contributed by atoms with Crippen LogP contribution in [0.3, 0.4) is 0 Å².